The average Bonchev–Trinajstić information content (AvgIpc) is 2.81. The fourth-order valence-electron chi connectivity index (χ4n) is 2.95. The van der Waals surface area contributed by atoms with Crippen molar-refractivity contribution in [2.45, 2.75) is 40.2 Å². The van der Waals surface area contributed by atoms with Gasteiger partial charge in [0.1, 0.15) is 0 Å². The van der Waals surface area contributed by atoms with Gasteiger partial charge in [-0.3, -0.25) is 4.79 Å². The molecule has 0 radical (unpaired) electrons. The maximum Gasteiger partial charge on any atom is 0.251 e. The lowest BCUT2D eigenvalue weighted by Gasteiger charge is -2.22. The van der Waals surface area contributed by atoms with E-state index in [-0.39, 0.29) is 23.4 Å². The molecule has 0 aliphatic carbocycles. The van der Waals surface area contributed by atoms with Crippen LogP contribution < -0.4 is 21.7 Å². The molecule has 0 unspecified atom stereocenters. The number of amides is 1. The number of hydrogen-bond donors (Lipinski definition) is 4. The van der Waals surface area contributed by atoms with E-state index in [2.05, 4.69) is 65.0 Å². The van der Waals surface area contributed by atoms with Crippen LogP contribution in [0.2, 0.25) is 0 Å². The summed E-state index contributed by atoms with van der Waals surface area (Å²) in [5.74, 6) is 0.0378. The highest BCUT2D eigenvalue weighted by atomic mass is 16.1. The second-order valence-electron chi connectivity index (χ2n) is 9.11. The third-order valence-electron chi connectivity index (χ3n) is 4.62. The summed E-state index contributed by atoms with van der Waals surface area (Å²) in [6.45, 7) is 17.2. The van der Waals surface area contributed by atoms with Crippen LogP contribution >= 0.6 is 0 Å². The van der Waals surface area contributed by atoms with Gasteiger partial charge < -0.3 is 21.7 Å². The predicted molar refractivity (Wildman–Crippen MR) is 153 cm³/mol. The largest absolute Gasteiger partial charge is 0.380 e. The molecule has 0 fully saturated rings. The van der Waals surface area contributed by atoms with Crippen LogP contribution in [0.3, 0.4) is 0 Å². The number of nitrogens with one attached hydrogen (secondary N) is 3. The van der Waals surface area contributed by atoms with Crippen LogP contribution in [-0.4, -0.2) is 30.1 Å². The van der Waals surface area contributed by atoms with Gasteiger partial charge in [0.05, 0.1) is 5.69 Å². The van der Waals surface area contributed by atoms with E-state index >= 15 is 0 Å². The zero-order chi connectivity index (χ0) is 26.7. The summed E-state index contributed by atoms with van der Waals surface area (Å²) in [5, 5.41) is 9.24. The van der Waals surface area contributed by atoms with Crippen molar-refractivity contribution in [2.75, 3.05) is 10.6 Å². The number of aryl methyl sites for hydroxylation is 1. The molecule has 2 aromatic carbocycles. The van der Waals surface area contributed by atoms with Gasteiger partial charge >= 0.3 is 0 Å². The summed E-state index contributed by atoms with van der Waals surface area (Å²) in [6.07, 6.45) is 5.29. The average molecular weight is 486 g/mol. The van der Waals surface area contributed by atoms with Crippen molar-refractivity contribution in [3.8, 4) is 0 Å². The number of allylic oxidation sites excluding steroid dienone is 3. The van der Waals surface area contributed by atoms with Gasteiger partial charge in [-0.05, 0) is 95.4 Å². The highest BCUT2D eigenvalue weighted by molar-refractivity contribution is 6.04. The number of carbonyl (C=O) groups is 1. The number of rotatable bonds is 7. The lowest BCUT2D eigenvalue weighted by Crippen LogP contribution is -2.34. The van der Waals surface area contributed by atoms with Crippen molar-refractivity contribution in [2.24, 2.45) is 20.7 Å². The van der Waals surface area contributed by atoms with Crippen molar-refractivity contribution in [3.05, 3.63) is 90.2 Å². The molecule has 2 aromatic rings. The second-order valence-corrected chi connectivity index (χ2v) is 9.11. The first-order valence-corrected chi connectivity index (χ1v) is 11.4. The first-order chi connectivity index (χ1) is 17.0. The number of nitrogens with zero attached hydrogens (tertiary/aromatic N) is 3. The monoisotopic (exact) mass is 485 g/mol. The molecule has 8 heteroatoms. The Kier molecular flexibility index (Phi) is 9.92. The third kappa shape index (κ3) is 9.80. The standard InChI is InChI=1S/C28H35N7O/c1-8-21(35-28(4,5)6)13-12-20(3)25(36)31-22-14-16-23(17-15-22)32-26(29)34-27(30-7)33-24-11-9-10-19(2)18-24/h8-18,35H,1,7H2,2-6H3,(H,31,36)(H3,29,32,33,34)/b20-12+,21-13+. The predicted octanol–water partition coefficient (Wildman–Crippen LogP) is 5.45. The molecule has 2 rings (SSSR count). The SMILES string of the molecule is C=C/C(=C\C=C(/C)C(=O)Nc1ccc(N=C(N)/N=C(\N=C)Nc2cccc(C)c2)cc1)NC(C)(C)C. The normalized spacial score (nSPS) is 13.1. The summed E-state index contributed by atoms with van der Waals surface area (Å²) in [5.41, 5.74) is 10.4. The van der Waals surface area contributed by atoms with Gasteiger partial charge in [0.15, 0.2) is 0 Å². The molecular weight excluding hydrogens is 450 g/mol. The molecular formula is C28H35N7O. The van der Waals surface area contributed by atoms with Crippen LogP contribution in [0.1, 0.15) is 33.3 Å². The first kappa shape index (κ1) is 27.8. The van der Waals surface area contributed by atoms with Crippen molar-refractivity contribution in [3.63, 3.8) is 0 Å². The molecule has 0 bridgehead atoms. The topological polar surface area (TPSA) is 116 Å². The van der Waals surface area contributed by atoms with Crippen molar-refractivity contribution >= 4 is 41.6 Å². The van der Waals surface area contributed by atoms with Gasteiger partial charge in [-0.2, -0.15) is 4.99 Å². The molecule has 36 heavy (non-hydrogen) atoms. The van der Waals surface area contributed by atoms with Gasteiger partial charge in [0.2, 0.25) is 11.9 Å². The molecule has 188 valence electrons. The fourth-order valence-corrected chi connectivity index (χ4v) is 2.95. The number of guanidine groups is 2. The molecule has 0 aromatic heterocycles. The summed E-state index contributed by atoms with van der Waals surface area (Å²) in [7, 11) is 0. The minimum atomic E-state index is -0.213. The van der Waals surface area contributed by atoms with Crippen LogP contribution in [0, 0.1) is 6.92 Å². The molecule has 1 amide bonds. The van der Waals surface area contributed by atoms with E-state index in [1.807, 2.05) is 37.3 Å². The zero-order valence-corrected chi connectivity index (χ0v) is 21.6. The van der Waals surface area contributed by atoms with Gasteiger partial charge in [-0.15, -0.1) is 0 Å². The molecule has 0 saturated heterocycles. The Bertz CT molecular complexity index is 1210. The van der Waals surface area contributed by atoms with E-state index in [1.165, 1.54) is 0 Å². The number of benzene rings is 2. The number of hydrogen-bond acceptors (Lipinski definition) is 3. The minimum absolute atomic E-state index is 0.0155. The highest BCUT2D eigenvalue weighted by Gasteiger charge is 2.09. The van der Waals surface area contributed by atoms with E-state index in [0.717, 1.165) is 16.9 Å². The summed E-state index contributed by atoms with van der Waals surface area (Å²) < 4.78 is 0. The number of nitrogens with two attached hydrogens (primary N) is 1. The molecule has 0 saturated carbocycles. The van der Waals surface area contributed by atoms with E-state index in [9.17, 15) is 4.79 Å². The van der Waals surface area contributed by atoms with E-state index in [1.54, 1.807) is 43.3 Å². The van der Waals surface area contributed by atoms with Gasteiger partial charge in [0, 0.05) is 28.2 Å². The van der Waals surface area contributed by atoms with E-state index < -0.39 is 0 Å². The summed E-state index contributed by atoms with van der Waals surface area (Å²) in [4.78, 5) is 24.9. The van der Waals surface area contributed by atoms with Gasteiger partial charge in [-0.1, -0.05) is 24.8 Å². The van der Waals surface area contributed by atoms with Crippen molar-refractivity contribution in [1.82, 2.24) is 5.32 Å². The lowest BCUT2D eigenvalue weighted by molar-refractivity contribution is -0.112. The first-order valence-electron chi connectivity index (χ1n) is 11.4. The zero-order valence-electron chi connectivity index (χ0n) is 21.6. The number of anilines is 2. The number of aliphatic imine (C=N–C) groups is 3. The maximum atomic E-state index is 12.5. The van der Waals surface area contributed by atoms with E-state index in [4.69, 9.17) is 5.73 Å². The van der Waals surface area contributed by atoms with Gasteiger partial charge in [-0.25, -0.2) is 9.98 Å². The molecule has 0 spiro atoms. The molecule has 5 N–H and O–H groups in total. The van der Waals surface area contributed by atoms with Crippen LogP contribution in [0.15, 0.2) is 99.6 Å². The Labute approximate surface area is 213 Å². The second kappa shape index (κ2) is 12.9. The number of carbonyl (C=O) groups excluding carboxylic acids is 1. The molecule has 8 nitrogen and oxygen atoms in total. The molecule has 0 atom stereocenters. The Hall–Kier alpha value is -4.46. The Morgan fingerprint density at radius 1 is 1.03 bits per heavy atom. The Morgan fingerprint density at radius 2 is 1.72 bits per heavy atom. The lowest BCUT2D eigenvalue weighted by atomic mass is 10.1. The Balaban J connectivity index is 2.05. The minimum Gasteiger partial charge on any atom is -0.380 e. The Morgan fingerprint density at radius 3 is 2.31 bits per heavy atom. The molecule has 0 aliphatic rings. The molecule has 0 heterocycles. The van der Waals surface area contributed by atoms with Crippen LogP contribution in [0.5, 0.6) is 0 Å². The van der Waals surface area contributed by atoms with Gasteiger partial charge in [0.25, 0.3) is 5.91 Å². The summed E-state index contributed by atoms with van der Waals surface area (Å²) >= 11 is 0. The third-order valence-corrected chi connectivity index (χ3v) is 4.62. The van der Waals surface area contributed by atoms with Crippen LogP contribution in [0.25, 0.3) is 0 Å². The van der Waals surface area contributed by atoms with E-state index in [0.29, 0.717) is 16.9 Å². The van der Waals surface area contributed by atoms with Crippen LogP contribution in [-0.2, 0) is 4.79 Å². The smallest absolute Gasteiger partial charge is 0.251 e. The van der Waals surface area contributed by atoms with Crippen molar-refractivity contribution < 1.29 is 4.79 Å². The van der Waals surface area contributed by atoms with Crippen LogP contribution in [0.4, 0.5) is 17.1 Å². The fraction of sp³-hybridized carbons (Fsp3) is 0.214. The maximum absolute atomic E-state index is 12.5. The molecule has 0 aliphatic heterocycles. The quantitative estimate of drug-likeness (QED) is 0.180. The van der Waals surface area contributed by atoms with Crippen molar-refractivity contribution in [1.29, 1.82) is 0 Å². The highest BCUT2D eigenvalue weighted by Crippen LogP contribution is 2.17. The summed E-state index contributed by atoms with van der Waals surface area (Å²) in [6, 6.07) is 14.7.